The third-order valence-corrected chi connectivity index (χ3v) is 9.29. The number of halogens is 3. The molecule has 1 aliphatic carbocycles. The van der Waals surface area contributed by atoms with Crippen LogP contribution < -0.4 is 0 Å². The fraction of sp³-hybridized carbons (Fsp3) is 0.323. The molecule has 6 rings (SSSR count). The minimum absolute atomic E-state index is 0.0678. The van der Waals surface area contributed by atoms with Crippen molar-refractivity contribution in [2.75, 3.05) is 20.6 Å². The van der Waals surface area contributed by atoms with E-state index in [9.17, 15) is 9.18 Å². The van der Waals surface area contributed by atoms with E-state index >= 15 is 0 Å². The fourth-order valence-electron chi connectivity index (χ4n) is 6.93. The van der Waals surface area contributed by atoms with Crippen LogP contribution in [-0.4, -0.2) is 41.3 Å². The van der Waals surface area contributed by atoms with Gasteiger partial charge in [-0.2, -0.15) is 0 Å². The van der Waals surface area contributed by atoms with E-state index in [2.05, 4.69) is 42.2 Å². The van der Waals surface area contributed by atoms with Gasteiger partial charge < -0.3 is 9.88 Å². The molecule has 38 heavy (non-hydrogen) atoms. The van der Waals surface area contributed by atoms with Crippen molar-refractivity contribution in [3.63, 3.8) is 0 Å². The van der Waals surface area contributed by atoms with E-state index in [1.165, 1.54) is 17.0 Å². The number of nitrogens with one attached hydrogen (secondary N) is 1. The smallest absolute Gasteiger partial charge is 0.254 e. The Bertz CT molecular complexity index is 1520. The number of carbonyl (C=O) groups is 1. The Hall–Kier alpha value is -2.86. The number of hydrogen-bond donors (Lipinski definition) is 1. The van der Waals surface area contributed by atoms with Gasteiger partial charge in [-0.1, -0.05) is 53.5 Å². The molecule has 0 atom stereocenters. The molecule has 0 unspecified atom stereocenters. The molecule has 1 saturated carbocycles. The highest BCUT2D eigenvalue weighted by atomic mass is 35.5. The summed E-state index contributed by atoms with van der Waals surface area (Å²) >= 11 is 12.6. The average molecular weight is 551 g/mol. The first-order chi connectivity index (χ1) is 18.2. The Morgan fingerprint density at radius 2 is 1.66 bits per heavy atom. The van der Waals surface area contributed by atoms with Crippen LogP contribution in [0, 0.1) is 5.82 Å². The number of aromatic amines is 1. The van der Waals surface area contributed by atoms with Gasteiger partial charge in [-0.3, -0.25) is 9.69 Å². The fourth-order valence-corrected chi connectivity index (χ4v) is 7.45. The van der Waals surface area contributed by atoms with E-state index < -0.39 is 5.54 Å². The summed E-state index contributed by atoms with van der Waals surface area (Å²) in [5.41, 5.74) is 4.12. The van der Waals surface area contributed by atoms with Crippen LogP contribution in [0.2, 0.25) is 10.0 Å². The van der Waals surface area contributed by atoms with Crippen molar-refractivity contribution >= 4 is 40.0 Å². The van der Waals surface area contributed by atoms with Gasteiger partial charge in [0.25, 0.3) is 5.91 Å². The third-order valence-electron chi connectivity index (χ3n) is 8.86. The maximum atomic E-state index is 14.3. The maximum Gasteiger partial charge on any atom is 0.254 e. The predicted octanol–water partition coefficient (Wildman–Crippen LogP) is 7.54. The summed E-state index contributed by atoms with van der Waals surface area (Å²) in [7, 11) is 4.13. The molecule has 3 aromatic carbocycles. The summed E-state index contributed by atoms with van der Waals surface area (Å²) in [6.45, 7) is 0.604. The summed E-state index contributed by atoms with van der Waals surface area (Å²) in [6, 6.07) is 20.4. The zero-order valence-electron chi connectivity index (χ0n) is 21.5. The Labute approximate surface area is 232 Å². The van der Waals surface area contributed by atoms with Crippen LogP contribution in [-0.2, 0) is 17.5 Å². The molecule has 0 bridgehead atoms. The number of rotatable bonds is 3. The Kier molecular flexibility index (Phi) is 6.29. The molecule has 4 aromatic rings. The number of carbonyl (C=O) groups excluding carboxylic acids is 1. The summed E-state index contributed by atoms with van der Waals surface area (Å²) in [6.07, 6.45) is 3.80. The van der Waals surface area contributed by atoms with Crippen molar-refractivity contribution < 1.29 is 9.18 Å². The molecule has 1 aliphatic heterocycles. The molecule has 1 aromatic heterocycles. The highest BCUT2D eigenvalue weighted by Crippen LogP contribution is 2.54. The monoisotopic (exact) mass is 549 g/mol. The molecule has 1 N–H and O–H groups in total. The van der Waals surface area contributed by atoms with Crippen molar-refractivity contribution in [3.8, 4) is 0 Å². The van der Waals surface area contributed by atoms with Gasteiger partial charge in [0.1, 0.15) is 5.82 Å². The van der Waals surface area contributed by atoms with Crippen molar-refractivity contribution in [1.82, 2.24) is 14.8 Å². The number of amides is 1. The quantitative estimate of drug-likeness (QED) is 0.286. The lowest BCUT2D eigenvalue weighted by atomic mass is 9.65. The van der Waals surface area contributed by atoms with Gasteiger partial charge in [0.2, 0.25) is 0 Å². The van der Waals surface area contributed by atoms with Crippen LogP contribution in [0.15, 0.2) is 66.7 Å². The molecule has 0 saturated heterocycles. The first-order valence-corrected chi connectivity index (χ1v) is 13.8. The second kappa shape index (κ2) is 9.41. The average Bonchev–Trinajstić information content (AvgIpc) is 3.28. The van der Waals surface area contributed by atoms with Crippen LogP contribution in [0.3, 0.4) is 0 Å². The summed E-state index contributed by atoms with van der Waals surface area (Å²) < 4.78 is 14.3. The highest BCUT2D eigenvalue weighted by molar-refractivity contribution is 6.35. The molecule has 1 fully saturated rings. The van der Waals surface area contributed by atoms with E-state index in [-0.39, 0.29) is 17.3 Å². The van der Waals surface area contributed by atoms with E-state index in [4.69, 9.17) is 23.2 Å². The second-order valence-electron chi connectivity index (χ2n) is 10.9. The van der Waals surface area contributed by atoms with E-state index in [1.54, 1.807) is 30.3 Å². The van der Waals surface area contributed by atoms with Crippen LogP contribution in [0.25, 0.3) is 10.9 Å². The molecule has 2 heterocycles. The molecule has 4 nitrogen and oxygen atoms in total. The topological polar surface area (TPSA) is 39.3 Å². The minimum Gasteiger partial charge on any atom is -0.356 e. The summed E-state index contributed by atoms with van der Waals surface area (Å²) in [4.78, 5) is 22.1. The van der Waals surface area contributed by atoms with Crippen LogP contribution in [0.1, 0.15) is 52.9 Å². The van der Waals surface area contributed by atoms with Crippen molar-refractivity contribution in [3.05, 3.63) is 105 Å². The van der Waals surface area contributed by atoms with E-state index in [0.29, 0.717) is 22.2 Å². The van der Waals surface area contributed by atoms with Gasteiger partial charge in [-0.25, -0.2) is 4.39 Å². The lowest BCUT2D eigenvalue weighted by Gasteiger charge is -2.55. The molecule has 0 radical (unpaired) electrons. The van der Waals surface area contributed by atoms with Gasteiger partial charge in [-0.15, -0.1) is 0 Å². The SMILES string of the molecule is CN(C)C1(c2cccc(F)c2)CCC2(CC1)c1[nH]c3ccccc3c1CCN2C(=O)c1cc(Cl)cc(Cl)c1. The standard InChI is InChI=1S/C31H30Cl2FN3O/c1-36(2)30(21-6-5-7-24(34)18-21)11-13-31(14-12-30)28-26(25-8-3-4-9-27(25)35-28)10-15-37(31)29(38)20-16-22(32)19-23(33)17-20/h3-9,16-19,35H,10-15H2,1-2H3. The third kappa shape index (κ3) is 3.95. The maximum absolute atomic E-state index is 14.3. The Morgan fingerprint density at radius 1 is 0.947 bits per heavy atom. The Morgan fingerprint density at radius 3 is 2.34 bits per heavy atom. The molecule has 7 heteroatoms. The molecule has 1 spiro atoms. The van der Waals surface area contributed by atoms with Crippen molar-refractivity contribution in [1.29, 1.82) is 0 Å². The molecular weight excluding hydrogens is 520 g/mol. The van der Waals surface area contributed by atoms with Gasteiger partial charge in [0, 0.05) is 44.3 Å². The number of fused-ring (bicyclic) bond motifs is 4. The van der Waals surface area contributed by atoms with Crippen LogP contribution >= 0.6 is 23.2 Å². The second-order valence-corrected chi connectivity index (χ2v) is 11.7. The Balaban J connectivity index is 1.47. The normalized spacial score (nSPS) is 23.3. The zero-order chi connectivity index (χ0) is 26.7. The lowest BCUT2D eigenvalue weighted by molar-refractivity contribution is -0.0142. The lowest BCUT2D eigenvalue weighted by Crippen LogP contribution is -2.58. The number of hydrogen-bond acceptors (Lipinski definition) is 2. The number of nitrogens with zero attached hydrogens (tertiary/aromatic N) is 2. The van der Waals surface area contributed by atoms with E-state index in [0.717, 1.165) is 48.9 Å². The van der Waals surface area contributed by atoms with Gasteiger partial charge in [0.15, 0.2) is 0 Å². The molecule has 1 amide bonds. The van der Waals surface area contributed by atoms with Gasteiger partial charge in [0.05, 0.1) is 5.54 Å². The summed E-state index contributed by atoms with van der Waals surface area (Å²) in [5.74, 6) is -0.295. The van der Waals surface area contributed by atoms with Crippen LogP contribution in [0.5, 0.6) is 0 Å². The number of aromatic nitrogens is 1. The van der Waals surface area contributed by atoms with E-state index in [1.807, 2.05) is 17.0 Å². The van der Waals surface area contributed by atoms with Gasteiger partial charge in [-0.05, 0) is 93.7 Å². The molecular formula is C31H30Cl2FN3O. The molecule has 2 aliphatic rings. The first kappa shape index (κ1) is 25.4. The molecule has 196 valence electrons. The first-order valence-electron chi connectivity index (χ1n) is 13.1. The predicted molar refractivity (Wildman–Crippen MR) is 151 cm³/mol. The van der Waals surface area contributed by atoms with Gasteiger partial charge >= 0.3 is 0 Å². The number of H-pyrrole nitrogens is 1. The highest BCUT2D eigenvalue weighted by Gasteiger charge is 2.53. The van der Waals surface area contributed by atoms with Crippen molar-refractivity contribution in [2.24, 2.45) is 0 Å². The minimum atomic E-state index is -0.523. The van der Waals surface area contributed by atoms with Crippen LogP contribution in [0.4, 0.5) is 4.39 Å². The summed E-state index contributed by atoms with van der Waals surface area (Å²) in [5, 5.41) is 2.11. The largest absolute Gasteiger partial charge is 0.356 e. The zero-order valence-corrected chi connectivity index (χ0v) is 23.0. The van der Waals surface area contributed by atoms with Crippen molar-refractivity contribution in [2.45, 2.75) is 43.2 Å². The number of benzene rings is 3. The number of para-hydroxylation sites is 1.